The van der Waals surface area contributed by atoms with Gasteiger partial charge in [0.15, 0.2) is 0 Å². The normalized spacial score (nSPS) is 20.4. The van der Waals surface area contributed by atoms with Crippen LogP contribution in [-0.4, -0.2) is 41.0 Å². The first kappa shape index (κ1) is 16.9. The fraction of sp³-hybridized carbons (Fsp3) is 0.692. The Balaban J connectivity index is 2.60. The van der Waals surface area contributed by atoms with E-state index in [-0.39, 0.29) is 25.2 Å². The summed E-state index contributed by atoms with van der Waals surface area (Å²) in [6.45, 7) is 5.44. The minimum atomic E-state index is -1.02. The van der Waals surface area contributed by atoms with E-state index in [0.717, 1.165) is 0 Å². The number of urea groups is 1. The average molecular weight is 299 g/mol. The molecule has 1 fully saturated rings. The summed E-state index contributed by atoms with van der Waals surface area (Å²) in [7, 11) is 0. The third-order valence-corrected chi connectivity index (χ3v) is 3.27. The van der Waals surface area contributed by atoms with Crippen LogP contribution in [-0.2, 0) is 14.4 Å². The molecule has 0 saturated carbocycles. The van der Waals surface area contributed by atoms with E-state index >= 15 is 0 Å². The van der Waals surface area contributed by atoms with Crippen molar-refractivity contribution in [2.24, 2.45) is 5.41 Å². The van der Waals surface area contributed by atoms with Gasteiger partial charge in [0.05, 0.1) is 6.42 Å². The number of hydrogen-bond acceptors (Lipinski definition) is 4. The van der Waals surface area contributed by atoms with Gasteiger partial charge < -0.3 is 15.7 Å². The van der Waals surface area contributed by atoms with Gasteiger partial charge in [-0.1, -0.05) is 20.8 Å². The molecule has 1 heterocycles. The van der Waals surface area contributed by atoms with Crippen molar-refractivity contribution in [1.82, 2.24) is 16.0 Å². The number of carbonyl (C=O) groups is 4. The lowest BCUT2D eigenvalue weighted by Crippen LogP contribution is -2.57. The van der Waals surface area contributed by atoms with Gasteiger partial charge in [0, 0.05) is 12.5 Å². The molecule has 4 amide bonds. The van der Waals surface area contributed by atoms with Gasteiger partial charge in [-0.2, -0.15) is 0 Å². The quantitative estimate of drug-likeness (QED) is 0.543. The van der Waals surface area contributed by atoms with Crippen LogP contribution < -0.4 is 16.0 Å². The maximum atomic E-state index is 11.9. The summed E-state index contributed by atoms with van der Waals surface area (Å²) in [4.78, 5) is 45.3. The predicted octanol–water partition coefficient (Wildman–Crippen LogP) is -0.0198. The molecule has 1 aliphatic heterocycles. The van der Waals surface area contributed by atoms with Gasteiger partial charge in [0.1, 0.15) is 6.04 Å². The van der Waals surface area contributed by atoms with Crippen LogP contribution in [0.3, 0.4) is 0 Å². The lowest BCUT2D eigenvalue weighted by atomic mass is 9.85. The molecule has 0 aromatic rings. The van der Waals surface area contributed by atoms with Crippen molar-refractivity contribution in [3.05, 3.63) is 0 Å². The van der Waals surface area contributed by atoms with Crippen LogP contribution in [0.1, 0.15) is 40.0 Å². The third kappa shape index (κ3) is 5.41. The van der Waals surface area contributed by atoms with Crippen LogP contribution in [0, 0.1) is 5.41 Å². The molecular formula is C13H21N3O5. The summed E-state index contributed by atoms with van der Waals surface area (Å²) >= 11 is 0. The highest BCUT2D eigenvalue weighted by Crippen LogP contribution is 2.21. The van der Waals surface area contributed by atoms with Crippen LogP contribution in [0.2, 0.25) is 0 Å². The molecule has 0 aliphatic carbocycles. The SMILES string of the molecule is CC(C)(C)C(CC(=O)O)NC(=O)NC1CCC(=O)NC1=O. The Hall–Kier alpha value is -2.12. The van der Waals surface area contributed by atoms with Gasteiger partial charge in [0.25, 0.3) is 0 Å². The number of piperidine rings is 1. The highest BCUT2D eigenvalue weighted by Gasteiger charge is 2.31. The van der Waals surface area contributed by atoms with E-state index in [0.29, 0.717) is 0 Å². The lowest BCUT2D eigenvalue weighted by molar-refractivity contribution is -0.138. The minimum absolute atomic E-state index is 0.161. The first-order valence-electron chi connectivity index (χ1n) is 6.72. The maximum absolute atomic E-state index is 11.9. The van der Waals surface area contributed by atoms with Crippen molar-refractivity contribution in [2.75, 3.05) is 0 Å². The van der Waals surface area contributed by atoms with Crippen molar-refractivity contribution in [1.29, 1.82) is 0 Å². The number of carboxylic acid groups (broad SMARTS) is 1. The first-order chi connectivity index (χ1) is 9.59. The van der Waals surface area contributed by atoms with Crippen LogP contribution in [0.4, 0.5) is 4.79 Å². The molecule has 0 aromatic heterocycles. The summed E-state index contributed by atoms with van der Waals surface area (Å²) in [6, 6.07) is -1.98. The highest BCUT2D eigenvalue weighted by molar-refractivity contribution is 6.01. The highest BCUT2D eigenvalue weighted by atomic mass is 16.4. The van der Waals surface area contributed by atoms with Crippen molar-refractivity contribution in [3.63, 3.8) is 0 Å². The summed E-state index contributed by atoms with van der Waals surface area (Å²) in [5, 5.41) is 16.0. The number of carboxylic acids is 1. The topological polar surface area (TPSA) is 125 Å². The van der Waals surface area contributed by atoms with Crippen molar-refractivity contribution in [3.8, 4) is 0 Å². The molecule has 118 valence electrons. The van der Waals surface area contributed by atoms with Crippen molar-refractivity contribution < 1.29 is 24.3 Å². The molecule has 0 spiro atoms. The first-order valence-corrected chi connectivity index (χ1v) is 6.72. The average Bonchev–Trinajstić information content (AvgIpc) is 2.30. The van der Waals surface area contributed by atoms with Crippen molar-refractivity contribution >= 4 is 23.8 Å². The zero-order chi connectivity index (χ0) is 16.2. The van der Waals surface area contributed by atoms with Gasteiger partial charge in [-0.15, -0.1) is 0 Å². The molecule has 8 heteroatoms. The predicted molar refractivity (Wildman–Crippen MR) is 73.3 cm³/mol. The fourth-order valence-corrected chi connectivity index (χ4v) is 1.94. The van der Waals surface area contributed by atoms with Crippen LogP contribution in [0.5, 0.6) is 0 Å². The Morgan fingerprint density at radius 3 is 2.48 bits per heavy atom. The van der Waals surface area contributed by atoms with Crippen LogP contribution >= 0.6 is 0 Å². The minimum Gasteiger partial charge on any atom is -0.481 e. The summed E-state index contributed by atoms with van der Waals surface area (Å²) < 4.78 is 0. The summed E-state index contributed by atoms with van der Waals surface area (Å²) in [5.74, 6) is -1.93. The third-order valence-electron chi connectivity index (χ3n) is 3.27. The van der Waals surface area contributed by atoms with E-state index in [9.17, 15) is 19.2 Å². The number of amides is 4. The molecule has 2 atom stereocenters. The number of nitrogens with one attached hydrogen (secondary N) is 3. The zero-order valence-electron chi connectivity index (χ0n) is 12.4. The number of carbonyl (C=O) groups excluding carboxylic acids is 3. The molecule has 0 aromatic carbocycles. The van der Waals surface area contributed by atoms with E-state index in [4.69, 9.17) is 5.11 Å². The number of rotatable bonds is 4. The smallest absolute Gasteiger partial charge is 0.315 e. The van der Waals surface area contributed by atoms with Gasteiger partial charge in [-0.05, 0) is 11.8 Å². The molecule has 8 nitrogen and oxygen atoms in total. The second kappa shape index (κ2) is 6.55. The van der Waals surface area contributed by atoms with E-state index < -0.39 is 35.4 Å². The van der Waals surface area contributed by atoms with Crippen molar-refractivity contribution in [2.45, 2.75) is 52.1 Å². The number of imide groups is 1. The van der Waals surface area contributed by atoms with Gasteiger partial charge >= 0.3 is 12.0 Å². The second-order valence-electron chi connectivity index (χ2n) is 6.14. The fourth-order valence-electron chi connectivity index (χ4n) is 1.94. The Morgan fingerprint density at radius 2 is 2.00 bits per heavy atom. The van der Waals surface area contributed by atoms with Gasteiger partial charge in [0.2, 0.25) is 11.8 Å². The van der Waals surface area contributed by atoms with E-state index in [2.05, 4.69) is 16.0 Å². The maximum Gasteiger partial charge on any atom is 0.315 e. The molecule has 2 unspecified atom stereocenters. The van der Waals surface area contributed by atoms with E-state index in [1.54, 1.807) is 0 Å². The molecule has 4 N–H and O–H groups in total. The summed E-state index contributed by atoms with van der Waals surface area (Å²) in [6.07, 6.45) is 0.179. The Morgan fingerprint density at radius 1 is 1.38 bits per heavy atom. The van der Waals surface area contributed by atoms with Crippen LogP contribution in [0.25, 0.3) is 0 Å². The van der Waals surface area contributed by atoms with Gasteiger partial charge in [-0.3, -0.25) is 19.7 Å². The molecule has 1 saturated heterocycles. The standard InChI is InChI=1S/C13H21N3O5/c1-13(2,3)8(6-10(18)19)15-12(21)14-7-4-5-9(17)16-11(7)20/h7-8H,4-6H2,1-3H3,(H,18,19)(H2,14,15,21)(H,16,17,20). The lowest BCUT2D eigenvalue weighted by Gasteiger charge is -2.31. The Kier molecular flexibility index (Phi) is 5.28. The molecule has 0 bridgehead atoms. The number of aliphatic carboxylic acids is 1. The monoisotopic (exact) mass is 299 g/mol. The van der Waals surface area contributed by atoms with E-state index in [1.165, 1.54) is 0 Å². The largest absolute Gasteiger partial charge is 0.481 e. The molecule has 1 aliphatic rings. The van der Waals surface area contributed by atoms with E-state index in [1.807, 2.05) is 20.8 Å². The Labute approximate surface area is 122 Å². The number of hydrogen-bond donors (Lipinski definition) is 4. The van der Waals surface area contributed by atoms with Gasteiger partial charge in [-0.25, -0.2) is 4.79 Å². The molecule has 21 heavy (non-hydrogen) atoms. The Bertz CT molecular complexity index is 455. The molecule has 1 rings (SSSR count). The molecular weight excluding hydrogens is 278 g/mol. The van der Waals surface area contributed by atoms with Crippen LogP contribution in [0.15, 0.2) is 0 Å². The zero-order valence-corrected chi connectivity index (χ0v) is 12.4. The molecule has 0 radical (unpaired) electrons. The second-order valence-corrected chi connectivity index (χ2v) is 6.14. The summed E-state index contributed by atoms with van der Waals surface area (Å²) in [5.41, 5.74) is -0.444.